The molecule has 4 N–H and O–H groups in total. The number of nitrogens with one attached hydrogen (secondary N) is 1. The van der Waals surface area contributed by atoms with Gasteiger partial charge in [0.1, 0.15) is 0 Å². The number of hydrogen-bond donors (Lipinski definition) is 3. The average molecular weight is 158 g/mol. The zero-order valence-corrected chi connectivity index (χ0v) is 6.42. The van der Waals surface area contributed by atoms with E-state index in [1.54, 1.807) is 0 Å². The van der Waals surface area contributed by atoms with Gasteiger partial charge in [0.25, 0.3) is 0 Å². The van der Waals surface area contributed by atoms with E-state index in [0.29, 0.717) is 13.0 Å². The van der Waals surface area contributed by atoms with Crippen molar-refractivity contribution in [1.29, 1.82) is 0 Å². The molecule has 1 fully saturated rings. The Bertz CT molecular complexity index is 149. The molecule has 2 atom stereocenters. The minimum atomic E-state index is -0.406. The van der Waals surface area contributed by atoms with E-state index in [4.69, 9.17) is 5.73 Å². The molecule has 1 amide bonds. The molecular weight excluding hydrogens is 144 g/mol. The van der Waals surface area contributed by atoms with Gasteiger partial charge >= 0.3 is 0 Å². The third kappa shape index (κ3) is 2.48. The number of carbonyl (C=O) groups is 1. The topological polar surface area (TPSA) is 75.4 Å². The Labute approximate surface area is 65.8 Å². The Hall–Kier alpha value is -0.610. The van der Waals surface area contributed by atoms with Crippen molar-refractivity contribution in [2.24, 2.45) is 11.7 Å². The van der Waals surface area contributed by atoms with Gasteiger partial charge in [-0.2, -0.15) is 0 Å². The molecule has 0 bridgehead atoms. The lowest BCUT2D eigenvalue weighted by atomic mass is 9.92. The number of β-amino-alcohol motifs (C(OH)–C–C–N with tert-alkyl or cyclic N) is 1. The minimum absolute atomic E-state index is 0.0637. The number of primary amides is 1. The smallest absolute Gasteiger partial charge is 0.217 e. The van der Waals surface area contributed by atoms with E-state index < -0.39 is 6.10 Å². The van der Waals surface area contributed by atoms with Crippen molar-refractivity contribution in [3.8, 4) is 0 Å². The quantitative estimate of drug-likeness (QED) is 0.474. The maximum absolute atomic E-state index is 10.5. The largest absolute Gasteiger partial charge is 0.391 e. The Morgan fingerprint density at radius 2 is 2.45 bits per heavy atom. The van der Waals surface area contributed by atoms with E-state index in [9.17, 15) is 9.90 Å². The summed E-state index contributed by atoms with van der Waals surface area (Å²) >= 11 is 0. The highest BCUT2D eigenvalue weighted by atomic mass is 16.3. The maximum atomic E-state index is 10.5. The van der Waals surface area contributed by atoms with Crippen LogP contribution in [0.2, 0.25) is 0 Å². The predicted octanol–water partition coefficient (Wildman–Crippen LogP) is -1.17. The van der Waals surface area contributed by atoms with Crippen molar-refractivity contribution >= 4 is 5.91 Å². The van der Waals surface area contributed by atoms with Crippen molar-refractivity contribution < 1.29 is 9.90 Å². The summed E-state index contributed by atoms with van der Waals surface area (Å²) in [4.78, 5) is 10.5. The van der Waals surface area contributed by atoms with Crippen LogP contribution in [-0.2, 0) is 4.79 Å². The average Bonchev–Trinajstić information content (AvgIpc) is 1.93. The highest BCUT2D eigenvalue weighted by Crippen LogP contribution is 2.15. The summed E-state index contributed by atoms with van der Waals surface area (Å²) in [6.45, 7) is 1.45. The number of aliphatic hydroxyl groups is 1. The van der Waals surface area contributed by atoms with Crippen molar-refractivity contribution in [2.45, 2.75) is 18.9 Å². The molecule has 0 aliphatic carbocycles. The van der Waals surface area contributed by atoms with E-state index in [-0.39, 0.29) is 11.8 Å². The zero-order chi connectivity index (χ0) is 8.27. The molecule has 0 aromatic carbocycles. The zero-order valence-electron chi connectivity index (χ0n) is 6.42. The number of aliphatic hydroxyl groups excluding tert-OH is 1. The molecule has 1 aliphatic rings. The van der Waals surface area contributed by atoms with Gasteiger partial charge in [-0.15, -0.1) is 0 Å². The molecule has 1 saturated heterocycles. The molecule has 0 aromatic rings. The fourth-order valence-corrected chi connectivity index (χ4v) is 1.39. The van der Waals surface area contributed by atoms with E-state index >= 15 is 0 Å². The molecule has 64 valence electrons. The van der Waals surface area contributed by atoms with E-state index in [0.717, 1.165) is 13.0 Å². The molecule has 1 rings (SSSR count). The van der Waals surface area contributed by atoms with E-state index in [1.807, 2.05) is 0 Å². The Kier molecular flexibility index (Phi) is 2.84. The first-order valence-corrected chi connectivity index (χ1v) is 3.87. The van der Waals surface area contributed by atoms with Crippen molar-refractivity contribution in [3.05, 3.63) is 0 Å². The molecule has 1 heterocycles. The van der Waals surface area contributed by atoms with Crippen LogP contribution in [0.5, 0.6) is 0 Å². The third-order valence-corrected chi connectivity index (χ3v) is 2.05. The number of amides is 1. The highest BCUT2D eigenvalue weighted by Gasteiger charge is 2.23. The molecule has 0 aromatic heterocycles. The fourth-order valence-electron chi connectivity index (χ4n) is 1.39. The van der Waals surface area contributed by atoms with Gasteiger partial charge in [-0.25, -0.2) is 0 Å². The van der Waals surface area contributed by atoms with E-state index in [1.165, 1.54) is 0 Å². The molecule has 0 radical (unpaired) electrons. The summed E-state index contributed by atoms with van der Waals surface area (Å²) in [5.41, 5.74) is 5.02. The van der Waals surface area contributed by atoms with Gasteiger partial charge in [0.05, 0.1) is 6.10 Å². The van der Waals surface area contributed by atoms with Crippen LogP contribution in [-0.4, -0.2) is 30.2 Å². The molecule has 0 saturated carbocycles. The Morgan fingerprint density at radius 1 is 1.73 bits per heavy atom. The Morgan fingerprint density at radius 3 is 3.00 bits per heavy atom. The second kappa shape index (κ2) is 3.69. The second-order valence-corrected chi connectivity index (χ2v) is 2.99. The standard InChI is InChI=1S/C7H14N2O2/c8-7(11)3-5-1-2-9-4-6(5)10/h5-6,9-10H,1-4H2,(H2,8,11). The molecule has 4 nitrogen and oxygen atoms in total. The van der Waals surface area contributed by atoms with E-state index in [2.05, 4.69) is 5.32 Å². The summed E-state index contributed by atoms with van der Waals surface area (Å²) in [5.74, 6) is -0.260. The van der Waals surface area contributed by atoms with Gasteiger partial charge in [-0.3, -0.25) is 4.79 Å². The number of nitrogens with two attached hydrogens (primary N) is 1. The monoisotopic (exact) mass is 158 g/mol. The highest BCUT2D eigenvalue weighted by molar-refractivity contribution is 5.74. The van der Waals surface area contributed by atoms with Crippen LogP contribution in [0.3, 0.4) is 0 Å². The van der Waals surface area contributed by atoms with Crippen molar-refractivity contribution in [1.82, 2.24) is 5.32 Å². The first-order valence-electron chi connectivity index (χ1n) is 3.87. The summed E-state index contributed by atoms with van der Waals surface area (Å²) in [6, 6.07) is 0. The van der Waals surface area contributed by atoms with Gasteiger partial charge in [0, 0.05) is 13.0 Å². The molecule has 4 heteroatoms. The lowest BCUT2D eigenvalue weighted by molar-refractivity contribution is -0.120. The summed E-state index contributed by atoms with van der Waals surface area (Å²) < 4.78 is 0. The lowest BCUT2D eigenvalue weighted by Gasteiger charge is -2.27. The summed E-state index contributed by atoms with van der Waals surface area (Å²) in [5, 5.41) is 12.4. The minimum Gasteiger partial charge on any atom is -0.391 e. The van der Waals surface area contributed by atoms with Gasteiger partial charge in [-0.1, -0.05) is 0 Å². The Balaban J connectivity index is 2.35. The number of carbonyl (C=O) groups excluding carboxylic acids is 1. The molecule has 1 aliphatic heterocycles. The lowest BCUT2D eigenvalue weighted by Crippen LogP contribution is -2.41. The van der Waals surface area contributed by atoms with Crippen molar-refractivity contribution in [3.63, 3.8) is 0 Å². The molecule has 11 heavy (non-hydrogen) atoms. The predicted molar refractivity (Wildman–Crippen MR) is 40.8 cm³/mol. The molecule has 0 spiro atoms. The number of hydrogen-bond acceptors (Lipinski definition) is 3. The van der Waals surface area contributed by atoms with Gasteiger partial charge < -0.3 is 16.2 Å². The van der Waals surface area contributed by atoms with Crippen LogP contribution in [0.15, 0.2) is 0 Å². The van der Waals surface area contributed by atoms with Crippen LogP contribution < -0.4 is 11.1 Å². The first kappa shape index (κ1) is 8.49. The first-order chi connectivity index (χ1) is 5.20. The molecule has 2 unspecified atom stereocenters. The van der Waals surface area contributed by atoms with Crippen LogP contribution in [0.1, 0.15) is 12.8 Å². The van der Waals surface area contributed by atoms with Crippen LogP contribution in [0.25, 0.3) is 0 Å². The van der Waals surface area contributed by atoms with Crippen LogP contribution in [0, 0.1) is 5.92 Å². The third-order valence-electron chi connectivity index (χ3n) is 2.05. The SMILES string of the molecule is NC(=O)CC1CCNCC1O. The normalized spacial score (nSPS) is 31.7. The van der Waals surface area contributed by atoms with Gasteiger partial charge in [0.15, 0.2) is 0 Å². The number of piperidine rings is 1. The van der Waals surface area contributed by atoms with Gasteiger partial charge in [0.2, 0.25) is 5.91 Å². The van der Waals surface area contributed by atoms with Crippen LogP contribution >= 0.6 is 0 Å². The summed E-state index contributed by atoms with van der Waals surface area (Å²) in [7, 11) is 0. The second-order valence-electron chi connectivity index (χ2n) is 2.99. The maximum Gasteiger partial charge on any atom is 0.217 e. The molecular formula is C7H14N2O2. The fraction of sp³-hybridized carbons (Fsp3) is 0.857. The van der Waals surface area contributed by atoms with Gasteiger partial charge in [-0.05, 0) is 18.9 Å². The van der Waals surface area contributed by atoms with Crippen LogP contribution in [0.4, 0.5) is 0 Å². The van der Waals surface area contributed by atoms with Crippen molar-refractivity contribution in [2.75, 3.05) is 13.1 Å². The summed E-state index contributed by atoms with van der Waals surface area (Å²) in [6.07, 6.45) is 0.740. The number of rotatable bonds is 2.